The van der Waals surface area contributed by atoms with Gasteiger partial charge >= 0.3 is 0 Å². The van der Waals surface area contributed by atoms with Gasteiger partial charge in [-0.05, 0) is 42.9 Å². The molecule has 1 aromatic heterocycles. The fourth-order valence-electron chi connectivity index (χ4n) is 4.03. The molecule has 0 N–H and O–H groups in total. The van der Waals surface area contributed by atoms with Crippen molar-refractivity contribution in [2.24, 2.45) is 7.05 Å². The van der Waals surface area contributed by atoms with E-state index in [0.29, 0.717) is 5.75 Å². The summed E-state index contributed by atoms with van der Waals surface area (Å²) in [5.41, 5.74) is 4.88. The molecular formula is C23H26N4OS. The molecule has 0 unspecified atom stereocenters. The van der Waals surface area contributed by atoms with Crippen LogP contribution in [0.1, 0.15) is 35.6 Å². The molecule has 1 heterocycles. The highest BCUT2D eigenvalue weighted by Gasteiger charge is 2.26. The number of thioether (sulfide) groups is 1. The van der Waals surface area contributed by atoms with Gasteiger partial charge < -0.3 is 9.47 Å². The molecule has 1 aliphatic carbocycles. The molecule has 0 bridgehead atoms. The van der Waals surface area contributed by atoms with Crippen molar-refractivity contribution in [1.82, 2.24) is 19.7 Å². The van der Waals surface area contributed by atoms with Crippen molar-refractivity contribution in [3.05, 3.63) is 65.2 Å². The van der Waals surface area contributed by atoms with Crippen LogP contribution in [0.4, 0.5) is 0 Å². The van der Waals surface area contributed by atoms with Gasteiger partial charge in [-0.15, -0.1) is 10.2 Å². The van der Waals surface area contributed by atoms with Gasteiger partial charge in [0.25, 0.3) is 0 Å². The van der Waals surface area contributed by atoms with Crippen molar-refractivity contribution in [1.29, 1.82) is 0 Å². The first-order chi connectivity index (χ1) is 14.1. The van der Waals surface area contributed by atoms with E-state index >= 15 is 0 Å². The fourth-order valence-corrected chi connectivity index (χ4v) is 4.87. The Morgan fingerprint density at radius 1 is 1.17 bits per heavy atom. The zero-order valence-electron chi connectivity index (χ0n) is 17.1. The summed E-state index contributed by atoms with van der Waals surface area (Å²) >= 11 is 1.45. The molecule has 0 fully saturated rings. The Morgan fingerprint density at radius 2 is 1.93 bits per heavy atom. The molecule has 29 heavy (non-hydrogen) atoms. The lowest BCUT2D eigenvalue weighted by Crippen LogP contribution is -2.34. The van der Waals surface area contributed by atoms with Crippen LogP contribution in [0.25, 0.3) is 11.4 Å². The number of carbonyl (C=O) groups is 1. The van der Waals surface area contributed by atoms with Crippen molar-refractivity contribution in [3.8, 4) is 11.4 Å². The predicted octanol–water partition coefficient (Wildman–Crippen LogP) is 4.42. The number of carbonyl (C=O) groups excluding carboxylic acids is 1. The van der Waals surface area contributed by atoms with Crippen LogP contribution in [-0.4, -0.2) is 38.4 Å². The van der Waals surface area contributed by atoms with Gasteiger partial charge in [-0.1, -0.05) is 60.3 Å². The van der Waals surface area contributed by atoms with Crippen LogP contribution in [0.5, 0.6) is 0 Å². The molecule has 0 saturated heterocycles. The van der Waals surface area contributed by atoms with Crippen molar-refractivity contribution >= 4 is 17.7 Å². The first kappa shape index (κ1) is 19.7. The molecule has 1 atom stereocenters. The highest BCUT2D eigenvalue weighted by atomic mass is 32.2. The summed E-state index contributed by atoms with van der Waals surface area (Å²) in [5.74, 6) is 1.30. The molecule has 1 aliphatic rings. The van der Waals surface area contributed by atoms with Crippen LogP contribution in [0, 0.1) is 6.92 Å². The number of hydrogen-bond acceptors (Lipinski definition) is 4. The third kappa shape index (κ3) is 3.94. The highest BCUT2D eigenvalue weighted by Crippen LogP contribution is 2.34. The van der Waals surface area contributed by atoms with E-state index in [0.717, 1.165) is 41.4 Å². The molecule has 150 valence electrons. The number of aryl methyl sites for hydroxylation is 2. The monoisotopic (exact) mass is 406 g/mol. The van der Waals surface area contributed by atoms with Crippen molar-refractivity contribution < 1.29 is 4.79 Å². The van der Waals surface area contributed by atoms with Gasteiger partial charge in [-0.3, -0.25) is 4.79 Å². The van der Waals surface area contributed by atoms with Crippen LogP contribution >= 0.6 is 11.8 Å². The second-order valence-electron chi connectivity index (χ2n) is 7.58. The van der Waals surface area contributed by atoms with Crippen molar-refractivity contribution in [2.75, 3.05) is 12.8 Å². The second-order valence-corrected chi connectivity index (χ2v) is 8.52. The number of rotatable bonds is 5. The predicted molar refractivity (Wildman–Crippen MR) is 117 cm³/mol. The van der Waals surface area contributed by atoms with E-state index in [4.69, 9.17) is 0 Å². The maximum atomic E-state index is 12.9. The van der Waals surface area contributed by atoms with Crippen LogP contribution < -0.4 is 0 Å². The molecule has 0 radical (unpaired) electrons. The fraction of sp³-hybridized carbons (Fsp3) is 0.348. The van der Waals surface area contributed by atoms with E-state index in [1.165, 1.54) is 22.9 Å². The summed E-state index contributed by atoms with van der Waals surface area (Å²) in [7, 11) is 3.88. The summed E-state index contributed by atoms with van der Waals surface area (Å²) in [6, 6.07) is 16.8. The van der Waals surface area contributed by atoms with E-state index in [1.807, 2.05) is 41.8 Å². The molecule has 1 amide bonds. The molecule has 3 aromatic rings. The third-order valence-corrected chi connectivity index (χ3v) is 6.75. The van der Waals surface area contributed by atoms with Gasteiger partial charge in [-0.2, -0.15) is 0 Å². The molecule has 2 aromatic carbocycles. The minimum absolute atomic E-state index is 0.122. The maximum absolute atomic E-state index is 12.9. The van der Waals surface area contributed by atoms with Crippen molar-refractivity contribution in [2.45, 2.75) is 37.4 Å². The molecule has 0 spiro atoms. The van der Waals surface area contributed by atoms with Crippen LogP contribution in [0.2, 0.25) is 0 Å². The van der Waals surface area contributed by atoms with E-state index in [1.54, 1.807) is 0 Å². The van der Waals surface area contributed by atoms with Gasteiger partial charge in [0.05, 0.1) is 11.8 Å². The summed E-state index contributed by atoms with van der Waals surface area (Å²) in [6.07, 6.45) is 3.24. The molecule has 5 nitrogen and oxygen atoms in total. The first-order valence-electron chi connectivity index (χ1n) is 9.98. The van der Waals surface area contributed by atoms with E-state index < -0.39 is 0 Å². The number of amides is 1. The Labute approximate surface area is 176 Å². The lowest BCUT2D eigenvalue weighted by atomic mass is 9.87. The van der Waals surface area contributed by atoms with Crippen molar-refractivity contribution in [3.63, 3.8) is 0 Å². The molecule has 0 aliphatic heterocycles. The first-order valence-corrected chi connectivity index (χ1v) is 11.0. The summed E-state index contributed by atoms with van der Waals surface area (Å²) in [6.45, 7) is 2.07. The van der Waals surface area contributed by atoms with Crippen LogP contribution in [0.3, 0.4) is 0 Å². The van der Waals surface area contributed by atoms with Gasteiger partial charge in [-0.25, -0.2) is 0 Å². The number of hydrogen-bond donors (Lipinski definition) is 0. The Kier molecular flexibility index (Phi) is 5.72. The Hall–Kier alpha value is -2.60. The van der Waals surface area contributed by atoms with Crippen LogP contribution in [0.15, 0.2) is 53.7 Å². The van der Waals surface area contributed by atoms with E-state index in [-0.39, 0.29) is 11.9 Å². The number of fused-ring (bicyclic) bond motifs is 1. The topological polar surface area (TPSA) is 51.0 Å². The molecule has 6 heteroatoms. The average Bonchev–Trinajstić information content (AvgIpc) is 3.11. The smallest absolute Gasteiger partial charge is 0.233 e. The largest absolute Gasteiger partial charge is 0.338 e. The normalized spacial score (nSPS) is 15.8. The molecule has 4 rings (SSSR count). The van der Waals surface area contributed by atoms with E-state index in [2.05, 4.69) is 47.5 Å². The maximum Gasteiger partial charge on any atom is 0.233 e. The summed E-state index contributed by atoms with van der Waals surface area (Å²) < 4.78 is 1.97. The zero-order valence-corrected chi connectivity index (χ0v) is 17.9. The SMILES string of the molecule is Cc1ccccc1-c1nnc(SCC(=O)N(C)[C@@H]2CCCc3ccccc32)n1C. The number of aromatic nitrogens is 3. The summed E-state index contributed by atoms with van der Waals surface area (Å²) in [4.78, 5) is 14.8. The minimum atomic E-state index is 0.122. The molecule has 0 saturated carbocycles. The van der Waals surface area contributed by atoms with Gasteiger partial charge in [0.2, 0.25) is 5.91 Å². The quantitative estimate of drug-likeness (QED) is 0.589. The minimum Gasteiger partial charge on any atom is -0.338 e. The lowest BCUT2D eigenvalue weighted by molar-refractivity contribution is -0.129. The summed E-state index contributed by atoms with van der Waals surface area (Å²) in [5, 5.41) is 9.43. The Morgan fingerprint density at radius 3 is 2.76 bits per heavy atom. The van der Waals surface area contributed by atoms with E-state index in [9.17, 15) is 4.79 Å². The Balaban J connectivity index is 1.45. The zero-order chi connectivity index (χ0) is 20.4. The average molecular weight is 407 g/mol. The van der Waals surface area contributed by atoms with Gasteiger partial charge in [0.15, 0.2) is 11.0 Å². The Bertz CT molecular complexity index is 1030. The van der Waals surface area contributed by atoms with Gasteiger partial charge in [0.1, 0.15) is 0 Å². The number of nitrogens with zero attached hydrogens (tertiary/aromatic N) is 4. The standard InChI is InChI=1S/C23H26N4OS/c1-16-9-4-6-12-18(16)22-24-25-23(27(22)3)29-15-21(28)26(2)20-14-8-11-17-10-5-7-13-19(17)20/h4-7,9-10,12-13,20H,8,11,14-15H2,1-3H3/t20-/m1/s1. The van der Waals surface area contributed by atoms with Crippen LogP contribution in [-0.2, 0) is 18.3 Å². The lowest BCUT2D eigenvalue weighted by Gasteiger charge is -2.33. The molecular weight excluding hydrogens is 380 g/mol. The highest BCUT2D eigenvalue weighted by molar-refractivity contribution is 7.99. The number of benzene rings is 2. The van der Waals surface area contributed by atoms with Gasteiger partial charge in [0, 0.05) is 19.7 Å². The third-order valence-electron chi connectivity index (χ3n) is 5.74. The second kappa shape index (κ2) is 8.41.